The summed E-state index contributed by atoms with van der Waals surface area (Å²) in [5.41, 5.74) is 5.86. The van der Waals surface area contributed by atoms with Crippen LogP contribution in [0.15, 0.2) is 18.2 Å². The molecule has 0 bridgehead atoms. The monoisotopic (exact) mass is 332 g/mol. The summed E-state index contributed by atoms with van der Waals surface area (Å²) in [5, 5.41) is 3.81. The number of rotatable bonds is 4. The highest BCUT2D eigenvalue weighted by atomic mass is 31.1. The molecule has 0 N–H and O–H groups in total. The molecule has 0 aliphatic carbocycles. The summed E-state index contributed by atoms with van der Waals surface area (Å²) in [6.45, 7) is 7.30. The van der Waals surface area contributed by atoms with Crippen molar-refractivity contribution in [2.24, 2.45) is 0 Å². The van der Waals surface area contributed by atoms with Gasteiger partial charge in [-0.1, -0.05) is 54.8 Å². The molecule has 0 saturated carbocycles. The third-order valence-electron chi connectivity index (χ3n) is 6.48. The van der Waals surface area contributed by atoms with Gasteiger partial charge in [0.25, 0.3) is 0 Å². The Bertz CT molecular complexity index is 541. The van der Waals surface area contributed by atoms with Crippen molar-refractivity contribution in [2.75, 3.05) is 0 Å². The van der Waals surface area contributed by atoms with E-state index in [4.69, 9.17) is 0 Å². The largest absolute Gasteiger partial charge is 0.0683 e. The molecule has 0 nitrogen and oxygen atoms in total. The van der Waals surface area contributed by atoms with Gasteiger partial charge in [-0.3, -0.25) is 0 Å². The Hall–Kier alpha value is 0.0800. The molecule has 3 aliphatic rings. The first-order valence-electron chi connectivity index (χ1n) is 9.49. The lowest BCUT2D eigenvalue weighted by Gasteiger charge is -2.42. The second kappa shape index (κ2) is 6.18. The number of hydrogen-bond acceptors (Lipinski definition) is 0. The fraction of sp³-hybridized carbons (Fsp3) is 0.700. The second-order valence-electron chi connectivity index (χ2n) is 7.39. The predicted molar refractivity (Wildman–Crippen MR) is 103 cm³/mol. The number of hydrogen-bond donors (Lipinski definition) is 0. The Kier molecular flexibility index (Phi) is 4.38. The van der Waals surface area contributed by atoms with Gasteiger partial charge < -0.3 is 0 Å². The van der Waals surface area contributed by atoms with Crippen LogP contribution in [0.1, 0.15) is 76.9 Å². The van der Waals surface area contributed by atoms with Crippen molar-refractivity contribution in [3.8, 4) is 0 Å². The van der Waals surface area contributed by atoms with Gasteiger partial charge in [0.1, 0.15) is 0 Å². The van der Waals surface area contributed by atoms with Gasteiger partial charge in [0.15, 0.2) is 0 Å². The standard InChI is InChI=1S/C20H30P2/c1-4-14-10-11-15(5-2)21(14)19-9-7-8-17-18-13-12-16(6-3)22(18)20(17)19/h7-9,14-16,18H,4-6,10-13H2,1-3H3/t14-,15-,16-,18+,22?/m0/s1. The minimum Gasteiger partial charge on any atom is -0.0683 e. The van der Waals surface area contributed by atoms with Crippen LogP contribution in [0.4, 0.5) is 0 Å². The van der Waals surface area contributed by atoms with E-state index in [0.29, 0.717) is 0 Å². The summed E-state index contributed by atoms with van der Waals surface area (Å²) in [4.78, 5) is 0. The molecule has 1 aromatic rings. The van der Waals surface area contributed by atoms with Crippen molar-refractivity contribution in [1.29, 1.82) is 0 Å². The highest BCUT2D eigenvalue weighted by molar-refractivity contribution is 7.74. The van der Waals surface area contributed by atoms with Crippen LogP contribution in [0.5, 0.6) is 0 Å². The normalized spacial score (nSPS) is 37.0. The zero-order chi connectivity index (χ0) is 15.3. The number of fused-ring (bicyclic) bond motifs is 4. The van der Waals surface area contributed by atoms with E-state index in [1.54, 1.807) is 5.56 Å². The van der Waals surface area contributed by atoms with Gasteiger partial charge in [-0.25, -0.2) is 0 Å². The van der Waals surface area contributed by atoms with Crippen LogP contribution in [-0.4, -0.2) is 17.0 Å². The zero-order valence-electron chi connectivity index (χ0n) is 14.4. The van der Waals surface area contributed by atoms with Crippen LogP contribution >= 0.6 is 15.8 Å². The zero-order valence-corrected chi connectivity index (χ0v) is 16.2. The molecule has 0 amide bonds. The minimum absolute atomic E-state index is 0.115. The van der Waals surface area contributed by atoms with Crippen LogP contribution < -0.4 is 10.6 Å². The van der Waals surface area contributed by atoms with Gasteiger partial charge in [0.05, 0.1) is 0 Å². The first-order valence-corrected chi connectivity index (χ1v) is 12.5. The fourth-order valence-electron chi connectivity index (χ4n) is 5.32. The van der Waals surface area contributed by atoms with Crippen molar-refractivity contribution in [2.45, 2.75) is 88.4 Å². The van der Waals surface area contributed by atoms with E-state index in [0.717, 1.165) is 22.6 Å². The summed E-state index contributed by atoms with van der Waals surface area (Å²) in [7, 11) is 0.322. The van der Waals surface area contributed by atoms with E-state index in [-0.39, 0.29) is 15.8 Å². The van der Waals surface area contributed by atoms with Crippen LogP contribution in [0, 0.1) is 0 Å². The molecule has 2 saturated heterocycles. The van der Waals surface area contributed by atoms with Gasteiger partial charge in [-0.05, 0) is 78.1 Å². The van der Waals surface area contributed by atoms with Crippen molar-refractivity contribution in [3.63, 3.8) is 0 Å². The lowest BCUT2D eigenvalue weighted by atomic mass is 10.1. The molecule has 2 heteroatoms. The molecule has 1 aromatic carbocycles. The quantitative estimate of drug-likeness (QED) is 0.604. The third kappa shape index (κ3) is 2.17. The summed E-state index contributed by atoms with van der Waals surface area (Å²) in [5.74, 6) is 0. The lowest BCUT2D eigenvalue weighted by molar-refractivity contribution is 0.696. The maximum Gasteiger partial charge on any atom is 0.00915 e. The second-order valence-corrected chi connectivity index (χ2v) is 12.8. The van der Waals surface area contributed by atoms with E-state index in [9.17, 15) is 0 Å². The van der Waals surface area contributed by atoms with E-state index in [1.165, 1.54) is 44.9 Å². The average molecular weight is 332 g/mol. The summed E-state index contributed by atoms with van der Waals surface area (Å²) >= 11 is 0. The topological polar surface area (TPSA) is 0 Å². The molecular formula is C20H30P2. The van der Waals surface area contributed by atoms with Gasteiger partial charge in [0.2, 0.25) is 0 Å². The summed E-state index contributed by atoms with van der Waals surface area (Å²) < 4.78 is 0. The Morgan fingerprint density at radius 3 is 2.05 bits per heavy atom. The molecule has 1 unspecified atom stereocenters. The summed E-state index contributed by atoms with van der Waals surface area (Å²) in [6.07, 6.45) is 10.2. The smallest absolute Gasteiger partial charge is 0.00915 e. The molecule has 0 spiro atoms. The van der Waals surface area contributed by atoms with Gasteiger partial charge in [-0.15, -0.1) is 0 Å². The van der Waals surface area contributed by atoms with E-state index in [2.05, 4.69) is 39.0 Å². The molecule has 22 heavy (non-hydrogen) atoms. The Morgan fingerprint density at radius 2 is 1.41 bits per heavy atom. The molecule has 5 atom stereocenters. The Labute approximate surface area is 139 Å². The SMILES string of the molecule is CC[C@H]1CC[C@H](CC)P1c1cccc2c1P1[C@@H](CC)CC[C@H]21. The van der Waals surface area contributed by atoms with E-state index >= 15 is 0 Å². The van der Waals surface area contributed by atoms with E-state index in [1.807, 2.05) is 10.6 Å². The van der Waals surface area contributed by atoms with Crippen molar-refractivity contribution >= 4 is 26.5 Å². The molecule has 0 aromatic heterocycles. The maximum absolute atomic E-state index is 2.56. The van der Waals surface area contributed by atoms with Crippen molar-refractivity contribution in [1.82, 2.24) is 0 Å². The predicted octanol–water partition coefficient (Wildman–Crippen LogP) is 5.88. The molecule has 2 fully saturated rings. The molecule has 4 rings (SSSR count). The first-order chi connectivity index (χ1) is 10.8. The maximum atomic E-state index is 2.56. The Morgan fingerprint density at radius 1 is 0.818 bits per heavy atom. The lowest BCUT2D eigenvalue weighted by Crippen LogP contribution is -2.38. The third-order valence-corrected chi connectivity index (χ3v) is 14.0. The molecule has 0 radical (unpaired) electrons. The molecular weight excluding hydrogens is 302 g/mol. The van der Waals surface area contributed by atoms with Crippen LogP contribution in [0.3, 0.4) is 0 Å². The number of benzene rings is 1. The van der Waals surface area contributed by atoms with Crippen LogP contribution in [0.25, 0.3) is 0 Å². The highest BCUT2D eigenvalue weighted by Gasteiger charge is 2.49. The highest BCUT2D eigenvalue weighted by Crippen LogP contribution is 2.71. The van der Waals surface area contributed by atoms with Crippen molar-refractivity contribution < 1.29 is 0 Å². The van der Waals surface area contributed by atoms with Gasteiger partial charge >= 0.3 is 0 Å². The molecule has 120 valence electrons. The minimum atomic E-state index is 0.115. The average Bonchev–Trinajstić information content (AvgIpc) is 3.12. The van der Waals surface area contributed by atoms with Gasteiger partial charge in [-0.2, -0.15) is 0 Å². The van der Waals surface area contributed by atoms with Crippen LogP contribution in [-0.2, 0) is 0 Å². The van der Waals surface area contributed by atoms with Crippen LogP contribution in [0.2, 0.25) is 0 Å². The Balaban J connectivity index is 1.75. The van der Waals surface area contributed by atoms with Gasteiger partial charge in [0, 0.05) is 5.66 Å². The molecule has 3 heterocycles. The van der Waals surface area contributed by atoms with Crippen molar-refractivity contribution in [3.05, 3.63) is 23.8 Å². The summed E-state index contributed by atoms with van der Waals surface area (Å²) in [6, 6.07) is 7.44. The fourth-order valence-corrected chi connectivity index (χ4v) is 13.3. The first kappa shape index (κ1) is 15.6. The molecule has 3 aliphatic heterocycles. The van der Waals surface area contributed by atoms with E-state index < -0.39 is 0 Å².